The van der Waals surface area contributed by atoms with Crippen molar-refractivity contribution in [2.24, 2.45) is 5.92 Å². The van der Waals surface area contributed by atoms with E-state index < -0.39 is 0 Å². The number of fused-ring (bicyclic) bond motifs is 2. The van der Waals surface area contributed by atoms with Gasteiger partial charge in [0.15, 0.2) is 0 Å². The Kier molecular flexibility index (Phi) is 2.79. The molecule has 2 aromatic rings. The van der Waals surface area contributed by atoms with Gasteiger partial charge in [-0.25, -0.2) is 0 Å². The van der Waals surface area contributed by atoms with Crippen molar-refractivity contribution >= 4 is 22.3 Å². The molecular weight excluding hydrogens is 246 g/mol. The van der Waals surface area contributed by atoms with E-state index in [1.54, 1.807) is 0 Å². The summed E-state index contributed by atoms with van der Waals surface area (Å²) in [6.07, 6.45) is 8.66. The minimum Gasteiger partial charge on any atom is -0.396 e. The third-order valence-corrected chi connectivity index (χ3v) is 5.12. The molecule has 2 fully saturated rings. The van der Waals surface area contributed by atoms with Crippen LogP contribution in [0.5, 0.6) is 0 Å². The van der Waals surface area contributed by atoms with Crippen molar-refractivity contribution in [1.82, 2.24) is 4.98 Å². The molecule has 1 aliphatic carbocycles. The Morgan fingerprint density at radius 3 is 2.95 bits per heavy atom. The molecule has 104 valence electrons. The van der Waals surface area contributed by atoms with Crippen LogP contribution < -0.4 is 10.6 Å². The second kappa shape index (κ2) is 4.65. The van der Waals surface area contributed by atoms with Gasteiger partial charge in [0, 0.05) is 24.2 Å². The Hall–Kier alpha value is -1.77. The second-order valence-corrected chi connectivity index (χ2v) is 6.16. The van der Waals surface area contributed by atoms with E-state index in [9.17, 15) is 0 Å². The topological polar surface area (TPSA) is 42.1 Å². The quantitative estimate of drug-likeness (QED) is 0.803. The van der Waals surface area contributed by atoms with Crippen molar-refractivity contribution in [1.29, 1.82) is 0 Å². The number of nitrogens with zero attached hydrogens (tertiary/aromatic N) is 2. The number of hydrogen-bond donors (Lipinski definition) is 1. The Morgan fingerprint density at radius 2 is 2.00 bits per heavy atom. The minimum atomic E-state index is 0.708. The third-order valence-electron chi connectivity index (χ3n) is 5.12. The molecule has 1 saturated carbocycles. The molecule has 0 amide bonds. The van der Waals surface area contributed by atoms with Crippen LogP contribution in [0.3, 0.4) is 0 Å². The van der Waals surface area contributed by atoms with Gasteiger partial charge in [-0.2, -0.15) is 0 Å². The first-order chi connectivity index (χ1) is 9.84. The zero-order valence-corrected chi connectivity index (χ0v) is 11.8. The second-order valence-electron chi connectivity index (χ2n) is 6.16. The number of anilines is 2. The van der Waals surface area contributed by atoms with Crippen LogP contribution in [0.1, 0.15) is 32.1 Å². The number of nitrogen functional groups attached to an aromatic ring is 1. The number of nitrogens with two attached hydrogens (primary N) is 1. The van der Waals surface area contributed by atoms with Crippen LogP contribution in [0.25, 0.3) is 10.9 Å². The Labute approximate surface area is 119 Å². The molecule has 0 radical (unpaired) electrons. The van der Waals surface area contributed by atoms with Crippen LogP contribution in [0.4, 0.5) is 11.4 Å². The van der Waals surface area contributed by atoms with E-state index in [4.69, 9.17) is 5.73 Å². The molecule has 20 heavy (non-hydrogen) atoms. The van der Waals surface area contributed by atoms with Crippen LogP contribution in [0.15, 0.2) is 30.5 Å². The van der Waals surface area contributed by atoms with Gasteiger partial charge in [0.1, 0.15) is 0 Å². The van der Waals surface area contributed by atoms with Crippen LogP contribution in [-0.2, 0) is 0 Å². The van der Waals surface area contributed by atoms with Crippen molar-refractivity contribution in [3.05, 3.63) is 30.5 Å². The number of aromatic nitrogens is 1. The van der Waals surface area contributed by atoms with E-state index >= 15 is 0 Å². The van der Waals surface area contributed by atoms with Crippen molar-refractivity contribution in [2.45, 2.75) is 38.1 Å². The molecule has 2 atom stereocenters. The van der Waals surface area contributed by atoms with Crippen molar-refractivity contribution < 1.29 is 0 Å². The molecule has 4 rings (SSSR count). The van der Waals surface area contributed by atoms with E-state index in [1.807, 2.05) is 12.3 Å². The molecule has 1 saturated heterocycles. The predicted molar refractivity (Wildman–Crippen MR) is 83.9 cm³/mol. The molecule has 2 aliphatic rings. The number of benzene rings is 1. The average Bonchev–Trinajstić information content (AvgIpc) is 2.92. The summed E-state index contributed by atoms with van der Waals surface area (Å²) >= 11 is 0. The fourth-order valence-electron chi connectivity index (χ4n) is 4.12. The lowest BCUT2D eigenvalue weighted by Gasteiger charge is -2.34. The number of rotatable bonds is 1. The lowest BCUT2D eigenvalue weighted by molar-refractivity contribution is 0.342. The molecule has 3 heteroatoms. The van der Waals surface area contributed by atoms with Crippen LogP contribution in [-0.4, -0.2) is 17.6 Å². The molecule has 0 spiro atoms. The van der Waals surface area contributed by atoms with E-state index in [-0.39, 0.29) is 0 Å². The first kappa shape index (κ1) is 12.0. The summed E-state index contributed by atoms with van der Waals surface area (Å²) in [5, 5.41) is 1.09. The van der Waals surface area contributed by atoms with Gasteiger partial charge in [-0.15, -0.1) is 0 Å². The molecular formula is C17H21N3. The predicted octanol–water partition coefficient (Wildman–Crippen LogP) is 3.59. The molecule has 3 nitrogen and oxygen atoms in total. The third kappa shape index (κ3) is 1.76. The maximum atomic E-state index is 6.44. The van der Waals surface area contributed by atoms with Gasteiger partial charge < -0.3 is 10.6 Å². The van der Waals surface area contributed by atoms with E-state index in [2.05, 4.69) is 28.1 Å². The lowest BCUT2D eigenvalue weighted by Crippen LogP contribution is -2.35. The molecule has 1 aliphatic heterocycles. The van der Waals surface area contributed by atoms with Crippen LogP contribution in [0, 0.1) is 5.92 Å². The lowest BCUT2D eigenvalue weighted by atomic mass is 9.85. The number of hydrogen-bond acceptors (Lipinski definition) is 3. The summed E-state index contributed by atoms with van der Waals surface area (Å²) in [6.45, 7) is 1.16. The fraction of sp³-hybridized carbons (Fsp3) is 0.471. The zero-order chi connectivity index (χ0) is 13.5. The SMILES string of the molecule is Nc1c(N2CCC3CCCCC32)ccc2ncccc12. The first-order valence-corrected chi connectivity index (χ1v) is 7.74. The summed E-state index contributed by atoms with van der Waals surface area (Å²) in [5.41, 5.74) is 9.56. The highest BCUT2D eigenvalue weighted by molar-refractivity contribution is 5.97. The molecule has 2 N–H and O–H groups in total. The highest BCUT2D eigenvalue weighted by Crippen LogP contribution is 2.41. The van der Waals surface area contributed by atoms with Crippen molar-refractivity contribution in [2.75, 3.05) is 17.2 Å². The molecule has 0 bridgehead atoms. The van der Waals surface area contributed by atoms with Gasteiger partial charge in [-0.3, -0.25) is 4.98 Å². The Morgan fingerprint density at radius 1 is 1.10 bits per heavy atom. The molecule has 2 heterocycles. The Bertz CT molecular complexity index is 637. The Balaban J connectivity index is 1.77. The smallest absolute Gasteiger partial charge is 0.0724 e. The highest BCUT2D eigenvalue weighted by atomic mass is 15.2. The standard InChI is InChI=1S/C17H21N3/c18-17-13-5-3-10-19-14(13)7-8-16(17)20-11-9-12-4-1-2-6-15(12)20/h3,5,7-8,10,12,15H,1-2,4,6,9,11,18H2. The molecule has 1 aromatic heterocycles. The van der Waals surface area contributed by atoms with Gasteiger partial charge in [0.25, 0.3) is 0 Å². The average molecular weight is 267 g/mol. The summed E-state index contributed by atoms with van der Waals surface area (Å²) in [4.78, 5) is 6.95. The highest BCUT2D eigenvalue weighted by Gasteiger charge is 2.36. The van der Waals surface area contributed by atoms with Crippen LogP contribution in [0.2, 0.25) is 0 Å². The molecule has 1 aromatic carbocycles. The van der Waals surface area contributed by atoms with Gasteiger partial charge in [-0.1, -0.05) is 12.8 Å². The number of pyridine rings is 1. The zero-order valence-electron chi connectivity index (χ0n) is 11.8. The summed E-state index contributed by atoms with van der Waals surface area (Å²) < 4.78 is 0. The van der Waals surface area contributed by atoms with E-state index in [0.29, 0.717) is 6.04 Å². The maximum absolute atomic E-state index is 6.44. The van der Waals surface area contributed by atoms with Gasteiger partial charge in [0.2, 0.25) is 0 Å². The summed E-state index contributed by atoms with van der Waals surface area (Å²) in [7, 11) is 0. The normalized spacial score (nSPS) is 25.9. The van der Waals surface area contributed by atoms with Crippen molar-refractivity contribution in [3.8, 4) is 0 Å². The van der Waals surface area contributed by atoms with Crippen molar-refractivity contribution in [3.63, 3.8) is 0 Å². The van der Waals surface area contributed by atoms with Crippen LogP contribution >= 0.6 is 0 Å². The molecule has 2 unspecified atom stereocenters. The fourth-order valence-corrected chi connectivity index (χ4v) is 4.12. The van der Waals surface area contributed by atoms with Gasteiger partial charge >= 0.3 is 0 Å². The first-order valence-electron chi connectivity index (χ1n) is 7.74. The summed E-state index contributed by atoms with van der Waals surface area (Å²) in [5.74, 6) is 0.882. The van der Waals surface area contributed by atoms with E-state index in [0.717, 1.165) is 29.1 Å². The maximum Gasteiger partial charge on any atom is 0.0724 e. The largest absolute Gasteiger partial charge is 0.396 e. The van der Waals surface area contributed by atoms with Gasteiger partial charge in [-0.05, 0) is 49.4 Å². The van der Waals surface area contributed by atoms with Gasteiger partial charge in [0.05, 0.1) is 16.9 Å². The minimum absolute atomic E-state index is 0.708. The van der Waals surface area contributed by atoms with E-state index in [1.165, 1.54) is 37.8 Å². The summed E-state index contributed by atoms with van der Waals surface area (Å²) in [6, 6.07) is 9.03. The monoisotopic (exact) mass is 267 g/mol.